The first-order valence-electron chi connectivity index (χ1n) is 10.3. The normalized spacial score (nSPS) is 15.9. The average molecular weight is 424 g/mol. The number of amides is 2. The minimum absolute atomic E-state index is 0.0878. The Balaban J connectivity index is 1.82. The van der Waals surface area contributed by atoms with Crippen LogP contribution < -0.4 is 21.7 Å². The second kappa shape index (κ2) is 9.46. The van der Waals surface area contributed by atoms with E-state index in [4.69, 9.17) is 16.9 Å². The maximum Gasteiger partial charge on any atom is 0.314 e. The summed E-state index contributed by atoms with van der Waals surface area (Å²) in [6.07, 6.45) is 4.88. The van der Waals surface area contributed by atoms with Crippen molar-refractivity contribution in [2.45, 2.75) is 32.2 Å². The predicted octanol–water partition coefficient (Wildman–Crippen LogP) is 2.39. The van der Waals surface area contributed by atoms with Crippen molar-refractivity contribution < 1.29 is 9.59 Å². The number of pyridine rings is 1. The number of nitrogens with two attached hydrogens (primary N) is 2. The highest BCUT2D eigenvalue weighted by atomic mass is 16.2. The Labute approximate surface area is 181 Å². The number of nitrogen functional groups attached to an aromatic ring is 2. The van der Waals surface area contributed by atoms with Crippen LogP contribution in [0.15, 0.2) is 30.5 Å². The highest BCUT2D eigenvalue weighted by Gasteiger charge is 2.32. The van der Waals surface area contributed by atoms with Gasteiger partial charge in [-0.05, 0) is 43.9 Å². The van der Waals surface area contributed by atoms with Gasteiger partial charge in [0, 0.05) is 32.0 Å². The van der Waals surface area contributed by atoms with E-state index < -0.39 is 11.8 Å². The second-order valence-corrected chi connectivity index (χ2v) is 7.60. The molecule has 2 heterocycles. The van der Waals surface area contributed by atoms with Gasteiger partial charge >= 0.3 is 11.8 Å². The topological polar surface area (TPSA) is 141 Å². The highest BCUT2D eigenvalue weighted by Crippen LogP contribution is 2.33. The summed E-state index contributed by atoms with van der Waals surface area (Å²) in [5.74, 6) is -1.32. The number of nitrogens with one attached hydrogen (secondary N) is 2. The van der Waals surface area contributed by atoms with Gasteiger partial charge in [0.05, 0.1) is 29.2 Å². The molecule has 1 aromatic carbocycles. The van der Waals surface area contributed by atoms with Crippen LogP contribution in [0.4, 0.5) is 22.9 Å². The Morgan fingerprint density at radius 1 is 1.35 bits per heavy atom. The number of hydrogen-bond donors (Lipinski definition) is 4. The van der Waals surface area contributed by atoms with Crippen molar-refractivity contribution in [2.24, 2.45) is 0 Å². The molecule has 1 aliphatic heterocycles. The van der Waals surface area contributed by atoms with Crippen LogP contribution >= 0.6 is 0 Å². The number of carbonyl (C=O) groups is 2. The summed E-state index contributed by atoms with van der Waals surface area (Å²) in [5, 5.41) is 9.95. The fraction of sp³-hybridized carbons (Fsp3) is 0.364. The molecule has 1 fully saturated rings. The van der Waals surface area contributed by atoms with Gasteiger partial charge in [-0.2, -0.15) is 0 Å². The Hall–Kier alpha value is -3.62. The zero-order valence-electron chi connectivity index (χ0n) is 17.9. The lowest BCUT2D eigenvalue weighted by Gasteiger charge is -2.36. The van der Waals surface area contributed by atoms with Crippen molar-refractivity contribution in [2.75, 3.05) is 41.8 Å². The first-order valence-corrected chi connectivity index (χ1v) is 10.3. The molecule has 3 rings (SSSR count). The molecule has 2 aromatic rings. The SMILES string of the molecule is CCN(C)c1cccc(C2CCCCN2C(=O)C(=O)Nc2cnc(N)c(C=N)c2N)c1. The second-order valence-electron chi connectivity index (χ2n) is 7.60. The van der Waals surface area contributed by atoms with Gasteiger partial charge in [0.2, 0.25) is 0 Å². The van der Waals surface area contributed by atoms with Crippen LogP contribution in [0, 0.1) is 5.41 Å². The van der Waals surface area contributed by atoms with Gasteiger partial charge in [0.1, 0.15) is 5.82 Å². The Morgan fingerprint density at radius 2 is 2.13 bits per heavy atom. The van der Waals surface area contributed by atoms with Gasteiger partial charge in [-0.3, -0.25) is 9.59 Å². The zero-order valence-corrected chi connectivity index (χ0v) is 17.9. The molecular formula is C22H29N7O2. The van der Waals surface area contributed by atoms with Crippen molar-refractivity contribution in [3.05, 3.63) is 41.6 Å². The number of piperidine rings is 1. The summed E-state index contributed by atoms with van der Waals surface area (Å²) >= 11 is 0. The molecule has 1 atom stereocenters. The molecule has 31 heavy (non-hydrogen) atoms. The summed E-state index contributed by atoms with van der Waals surface area (Å²) < 4.78 is 0. The first-order chi connectivity index (χ1) is 14.9. The molecule has 0 saturated carbocycles. The largest absolute Gasteiger partial charge is 0.396 e. The molecule has 1 unspecified atom stereocenters. The molecule has 0 radical (unpaired) electrons. The summed E-state index contributed by atoms with van der Waals surface area (Å²) in [6, 6.07) is 7.92. The van der Waals surface area contributed by atoms with E-state index >= 15 is 0 Å². The van der Waals surface area contributed by atoms with Crippen LogP contribution in [0.1, 0.15) is 43.4 Å². The number of nitrogens with zero attached hydrogens (tertiary/aromatic N) is 3. The van der Waals surface area contributed by atoms with Gasteiger partial charge in [-0.25, -0.2) is 4.98 Å². The molecule has 1 aliphatic rings. The lowest BCUT2D eigenvalue weighted by Crippen LogP contribution is -2.44. The molecular weight excluding hydrogens is 394 g/mol. The number of anilines is 4. The van der Waals surface area contributed by atoms with E-state index in [2.05, 4.69) is 28.2 Å². The van der Waals surface area contributed by atoms with Crippen LogP contribution in [0.2, 0.25) is 0 Å². The maximum absolute atomic E-state index is 13.1. The summed E-state index contributed by atoms with van der Waals surface area (Å²) in [5.41, 5.74) is 14.2. The molecule has 0 bridgehead atoms. The van der Waals surface area contributed by atoms with Gasteiger partial charge in [0.15, 0.2) is 0 Å². The molecule has 9 nitrogen and oxygen atoms in total. The third-order valence-corrected chi connectivity index (χ3v) is 5.71. The van der Waals surface area contributed by atoms with Crippen molar-refractivity contribution >= 4 is 40.9 Å². The number of aromatic nitrogens is 1. The van der Waals surface area contributed by atoms with E-state index in [0.29, 0.717) is 6.54 Å². The van der Waals surface area contributed by atoms with Crippen molar-refractivity contribution in [3.8, 4) is 0 Å². The number of likely N-dealkylation sites (tertiary alicyclic amines) is 1. The summed E-state index contributed by atoms with van der Waals surface area (Å²) in [6.45, 7) is 3.45. The molecule has 1 aromatic heterocycles. The van der Waals surface area contributed by atoms with E-state index in [1.807, 2.05) is 25.2 Å². The van der Waals surface area contributed by atoms with Crippen molar-refractivity contribution in [3.63, 3.8) is 0 Å². The van der Waals surface area contributed by atoms with Crippen molar-refractivity contribution in [1.29, 1.82) is 5.41 Å². The first kappa shape index (κ1) is 22.1. The molecule has 1 saturated heterocycles. The molecule has 164 valence electrons. The summed E-state index contributed by atoms with van der Waals surface area (Å²) in [4.78, 5) is 33.5. The molecule has 2 amide bonds. The number of rotatable bonds is 5. The Bertz CT molecular complexity index is 992. The Morgan fingerprint density at radius 3 is 2.84 bits per heavy atom. The number of carbonyl (C=O) groups excluding carboxylic acids is 2. The quantitative estimate of drug-likeness (QED) is 0.430. The van der Waals surface area contributed by atoms with Gasteiger partial charge in [-0.15, -0.1) is 0 Å². The minimum atomic E-state index is -0.789. The average Bonchev–Trinajstić information content (AvgIpc) is 2.80. The van der Waals surface area contributed by atoms with E-state index in [1.54, 1.807) is 4.90 Å². The van der Waals surface area contributed by atoms with E-state index in [9.17, 15) is 9.59 Å². The van der Waals surface area contributed by atoms with Crippen LogP contribution in [0.25, 0.3) is 0 Å². The van der Waals surface area contributed by atoms with Crippen LogP contribution in [-0.4, -0.2) is 48.1 Å². The molecule has 0 spiro atoms. The van der Waals surface area contributed by atoms with E-state index in [-0.39, 0.29) is 28.8 Å². The fourth-order valence-corrected chi connectivity index (χ4v) is 3.79. The monoisotopic (exact) mass is 423 g/mol. The van der Waals surface area contributed by atoms with Gasteiger partial charge < -0.3 is 32.0 Å². The lowest BCUT2D eigenvalue weighted by atomic mass is 9.94. The zero-order chi connectivity index (χ0) is 22.5. The summed E-state index contributed by atoms with van der Waals surface area (Å²) in [7, 11) is 2.02. The third kappa shape index (κ3) is 4.60. The Kier molecular flexibility index (Phi) is 6.74. The van der Waals surface area contributed by atoms with Gasteiger partial charge in [-0.1, -0.05) is 12.1 Å². The number of hydrogen-bond acceptors (Lipinski definition) is 7. The minimum Gasteiger partial charge on any atom is -0.396 e. The molecule has 9 heteroatoms. The maximum atomic E-state index is 13.1. The predicted molar refractivity (Wildman–Crippen MR) is 123 cm³/mol. The molecule has 0 aliphatic carbocycles. The molecule has 6 N–H and O–H groups in total. The van der Waals surface area contributed by atoms with Gasteiger partial charge in [0.25, 0.3) is 0 Å². The third-order valence-electron chi connectivity index (χ3n) is 5.71. The van der Waals surface area contributed by atoms with Crippen LogP contribution in [-0.2, 0) is 9.59 Å². The van der Waals surface area contributed by atoms with E-state index in [0.717, 1.165) is 43.3 Å². The van der Waals surface area contributed by atoms with Crippen LogP contribution in [0.3, 0.4) is 0 Å². The lowest BCUT2D eigenvalue weighted by molar-refractivity contribution is -0.145. The van der Waals surface area contributed by atoms with E-state index in [1.165, 1.54) is 6.20 Å². The number of benzene rings is 1. The standard InChI is InChI=1S/C22H29N7O2/c1-3-28(2)15-8-6-7-14(11-15)18-9-4-5-10-29(18)22(31)21(30)27-17-13-26-20(25)16(12-23)19(17)24/h6-8,11-13,18,23H,3-5,9-10H2,1-2H3,(H,27,30)(H4,24,25,26). The fourth-order valence-electron chi connectivity index (χ4n) is 3.79. The smallest absolute Gasteiger partial charge is 0.314 e. The van der Waals surface area contributed by atoms with Crippen LogP contribution in [0.5, 0.6) is 0 Å². The van der Waals surface area contributed by atoms with Crippen molar-refractivity contribution in [1.82, 2.24) is 9.88 Å². The highest BCUT2D eigenvalue weighted by molar-refractivity contribution is 6.40.